The Labute approximate surface area is 162 Å². The molecule has 0 aliphatic carbocycles. The molecule has 0 amide bonds. The molecule has 4 rings (SSSR count). The average Bonchev–Trinajstić information content (AvgIpc) is 2.70. The fourth-order valence-electron chi connectivity index (χ4n) is 2.84. The van der Waals surface area contributed by atoms with Crippen molar-refractivity contribution in [2.75, 3.05) is 6.61 Å². The van der Waals surface area contributed by atoms with Crippen LogP contribution in [-0.4, -0.2) is 16.6 Å². The minimum Gasteiger partial charge on any atom is -0.464 e. The van der Waals surface area contributed by atoms with Gasteiger partial charge in [-0.2, -0.15) is 9.97 Å². The maximum Gasteiger partial charge on any atom is 0.317 e. The molecule has 0 aliphatic rings. The highest BCUT2D eigenvalue weighted by Gasteiger charge is 2.15. The van der Waals surface area contributed by atoms with E-state index in [9.17, 15) is 0 Å². The second-order valence-corrected chi connectivity index (χ2v) is 6.29. The van der Waals surface area contributed by atoms with Crippen molar-refractivity contribution in [3.8, 4) is 28.8 Å². The van der Waals surface area contributed by atoms with Crippen LogP contribution >= 0.6 is 11.6 Å². The third kappa shape index (κ3) is 3.71. The van der Waals surface area contributed by atoms with Crippen molar-refractivity contribution >= 4 is 22.5 Å². The summed E-state index contributed by atoms with van der Waals surface area (Å²) < 4.78 is 11.7. The van der Waals surface area contributed by atoms with Crippen LogP contribution in [0.1, 0.15) is 6.92 Å². The topological polar surface area (TPSA) is 44.2 Å². The first-order chi connectivity index (χ1) is 13.2. The molecule has 4 aromatic rings. The lowest BCUT2D eigenvalue weighted by Gasteiger charge is -2.13. The van der Waals surface area contributed by atoms with Gasteiger partial charge in [-0.1, -0.05) is 41.9 Å². The van der Waals surface area contributed by atoms with E-state index in [1.165, 1.54) is 0 Å². The minimum absolute atomic E-state index is 0.354. The second kappa shape index (κ2) is 7.64. The van der Waals surface area contributed by atoms with Gasteiger partial charge in [-0.3, -0.25) is 0 Å². The van der Waals surface area contributed by atoms with Gasteiger partial charge in [0, 0.05) is 16.0 Å². The van der Waals surface area contributed by atoms with E-state index in [1.54, 1.807) is 12.1 Å². The lowest BCUT2D eigenvalue weighted by atomic mass is 10.1. The molecule has 0 aliphatic heterocycles. The number of para-hydroxylation sites is 2. The molecule has 0 saturated heterocycles. The summed E-state index contributed by atoms with van der Waals surface area (Å²) in [4.78, 5) is 9.13. The summed E-state index contributed by atoms with van der Waals surface area (Å²) in [6, 6.07) is 23.3. The van der Waals surface area contributed by atoms with Crippen molar-refractivity contribution in [2.45, 2.75) is 6.92 Å². The highest BCUT2D eigenvalue weighted by molar-refractivity contribution is 6.30. The zero-order valence-corrected chi connectivity index (χ0v) is 15.5. The maximum atomic E-state index is 6.11. The number of nitrogens with zero attached hydrogens (tertiary/aromatic N) is 2. The van der Waals surface area contributed by atoms with Gasteiger partial charge >= 0.3 is 6.01 Å². The van der Waals surface area contributed by atoms with E-state index in [0.29, 0.717) is 29.1 Å². The normalized spacial score (nSPS) is 10.7. The summed E-state index contributed by atoms with van der Waals surface area (Å²) in [6.45, 7) is 2.41. The zero-order chi connectivity index (χ0) is 18.6. The van der Waals surface area contributed by atoms with Gasteiger partial charge in [-0.05, 0) is 49.4 Å². The third-order valence-corrected chi connectivity index (χ3v) is 4.29. The van der Waals surface area contributed by atoms with Gasteiger partial charge in [0.25, 0.3) is 0 Å². The molecule has 5 heteroatoms. The minimum atomic E-state index is 0.354. The molecule has 0 N–H and O–H groups in total. The molecular weight excluding hydrogens is 360 g/mol. The van der Waals surface area contributed by atoms with Crippen LogP contribution in [0.25, 0.3) is 22.2 Å². The first-order valence-electron chi connectivity index (χ1n) is 8.67. The predicted molar refractivity (Wildman–Crippen MR) is 108 cm³/mol. The number of benzene rings is 3. The van der Waals surface area contributed by atoms with E-state index >= 15 is 0 Å². The highest BCUT2D eigenvalue weighted by atomic mass is 35.5. The molecule has 1 aromatic heterocycles. The van der Waals surface area contributed by atoms with Crippen LogP contribution in [0.15, 0.2) is 72.8 Å². The van der Waals surface area contributed by atoms with Crippen molar-refractivity contribution in [2.24, 2.45) is 0 Å². The molecule has 0 unspecified atom stereocenters. The fraction of sp³-hybridized carbons (Fsp3) is 0.0909. The SMILES string of the molecule is CCOc1nc(-c2ccccc2Oc2ccc(Cl)cc2)c2ccccc2n1. The van der Waals surface area contributed by atoms with E-state index in [-0.39, 0.29) is 0 Å². The number of rotatable bonds is 5. The molecule has 134 valence electrons. The van der Waals surface area contributed by atoms with Crippen LogP contribution in [0.4, 0.5) is 0 Å². The maximum absolute atomic E-state index is 6.11. The molecule has 27 heavy (non-hydrogen) atoms. The fourth-order valence-corrected chi connectivity index (χ4v) is 2.96. The first kappa shape index (κ1) is 17.3. The lowest BCUT2D eigenvalue weighted by Crippen LogP contribution is -2.00. The molecule has 0 radical (unpaired) electrons. The highest BCUT2D eigenvalue weighted by Crippen LogP contribution is 2.36. The summed E-state index contributed by atoms with van der Waals surface area (Å²) in [5.41, 5.74) is 2.47. The standard InChI is InChI=1S/C22H17ClN2O2/c1-2-26-22-24-19-9-5-3-7-17(19)21(25-22)18-8-4-6-10-20(18)27-16-13-11-15(23)12-14-16/h3-14H,2H2,1H3. The van der Waals surface area contributed by atoms with Crippen molar-refractivity contribution in [3.05, 3.63) is 77.8 Å². The number of hydrogen-bond acceptors (Lipinski definition) is 4. The number of halogens is 1. The van der Waals surface area contributed by atoms with Crippen molar-refractivity contribution < 1.29 is 9.47 Å². The van der Waals surface area contributed by atoms with Gasteiger partial charge in [-0.25, -0.2) is 0 Å². The summed E-state index contributed by atoms with van der Waals surface area (Å²) in [7, 11) is 0. The molecule has 0 atom stereocenters. The number of fused-ring (bicyclic) bond motifs is 1. The Kier molecular flexibility index (Phi) is 4.90. The molecule has 0 bridgehead atoms. The van der Waals surface area contributed by atoms with Gasteiger partial charge in [0.1, 0.15) is 11.5 Å². The first-order valence-corrected chi connectivity index (χ1v) is 9.05. The average molecular weight is 377 g/mol. The second-order valence-electron chi connectivity index (χ2n) is 5.86. The van der Waals surface area contributed by atoms with Crippen LogP contribution in [0.5, 0.6) is 17.5 Å². The van der Waals surface area contributed by atoms with Crippen molar-refractivity contribution in [1.82, 2.24) is 9.97 Å². The Bertz CT molecular complexity index is 1080. The summed E-state index contributed by atoms with van der Waals surface area (Å²) in [5, 5.41) is 1.60. The van der Waals surface area contributed by atoms with Crippen molar-refractivity contribution in [1.29, 1.82) is 0 Å². The molecule has 0 fully saturated rings. The van der Waals surface area contributed by atoms with Crippen LogP contribution < -0.4 is 9.47 Å². The Morgan fingerprint density at radius 3 is 2.41 bits per heavy atom. The Balaban J connectivity index is 1.85. The number of aromatic nitrogens is 2. The van der Waals surface area contributed by atoms with E-state index in [2.05, 4.69) is 9.97 Å². The number of hydrogen-bond donors (Lipinski definition) is 0. The quantitative estimate of drug-likeness (QED) is 0.419. The summed E-state index contributed by atoms with van der Waals surface area (Å²) in [6.07, 6.45) is 0. The molecule has 0 saturated carbocycles. The van der Waals surface area contributed by atoms with E-state index in [4.69, 9.17) is 21.1 Å². The van der Waals surface area contributed by atoms with E-state index in [0.717, 1.165) is 22.2 Å². The van der Waals surface area contributed by atoms with Gasteiger partial charge < -0.3 is 9.47 Å². The monoisotopic (exact) mass is 376 g/mol. The largest absolute Gasteiger partial charge is 0.464 e. The third-order valence-electron chi connectivity index (χ3n) is 4.04. The molecule has 3 aromatic carbocycles. The van der Waals surface area contributed by atoms with E-state index < -0.39 is 0 Å². The van der Waals surface area contributed by atoms with Crippen molar-refractivity contribution in [3.63, 3.8) is 0 Å². The van der Waals surface area contributed by atoms with Gasteiger partial charge in [0.15, 0.2) is 0 Å². The number of ether oxygens (including phenoxy) is 2. The molecule has 4 nitrogen and oxygen atoms in total. The Morgan fingerprint density at radius 2 is 1.59 bits per heavy atom. The smallest absolute Gasteiger partial charge is 0.317 e. The van der Waals surface area contributed by atoms with Gasteiger partial charge in [0.2, 0.25) is 0 Å². The lowest BCUT2D eigenvalue weighted by molar-refractivity contribution is 0.314. The zero-order valence-electron chi connectivity index (χ0n) is 14.7. The van der Waals surface area contributed by atoms with E-state index in [1.807, 2.05) is 67.6 Å². The molecule has 1 heterocycles. The predicted octanol–water partition coefficient (Wildman–Crippen LogP) is 6.14. The summed E-state index contributed by atoms with van der Waals surface area (Å²) >= 11 is 5.97. The summed E-state index contributed by atoms with van der Waals surface area (Å²) in [5.74, 6) is 1.40. The van der Waals surface area contributed by atoms with Crippen LogP contribution in [0, 0.1) is 0 Å². The Hall–Kier alpha value is -3.11. The molecular formula is C22H17ClN2O2. The van der Waals surface area contributed by atoms with Crippen LogP contribution in [-0.2, 0) is 0 Å². The van der Waals surface area contributed by atoms with Crippen LogP contribution in [0.2, 0.25) is 5.02 Å². The Morgan fingerprint density at radius 1 is 0.852 bits per heavy atom. The van der Waals surface area contributed by atoms with Gasteiger partial charge in [-0.15, -0.1) is 0 Å². The molecule has 0 spiro atoms. The van der Waals surface area contributed by atoms with Crippen LogP contribution in [0.3, 0.4) is 0 Å². The van der Waals surface area contributed by atoms with Gasteiger partial charge in [0.05, 0.1) is 17.8 Å².